The van der Waals surface area contributed by atoms with Crippen molar-refractivity contribution in [2.45, 2.75) is 18.3 Å². The number of carbonyl (C=O) groups is 1. The molecule has 0 bridgehead atoms. The van der Waals surface area contributed by atoms with Gasteiger partial charge in [-0.25, -0.2) is 10.4 Å². The van der Waals surface area contributed by atoms with E-state index in [1.807, 2.05) is 97.1 Å². The molecule has 5 aromatic rings. The van der Waals surface area contributed by atoms with Crippen LogP contribution in [0.15, 0.2) is 107 Å². The Hall–Kier alpha value is -4.27. The third-order valence-corrected chi connectivity index (χ3v) is 7.41. The summed E-state index contributed by atoms with van der Waals surface area (Å²) in [5.74, 6) is 1.12. The molecule has 0 unspecified atom stereocenters. The van der Waals surface area contributed by atoms with Gasteiger partial charge in [0.25, 0.3) is 5.91 Å². The first-order chi connectivity index (χ1) is 19.6. The molecule has 9 heteroatoms. The maximum Gasteiger partial charge on any atom is 0.250 e. The third-order valence-electron chi connectivity index (χ3n) is 6.07. The molecular formula is C31H27ClN4O3S. The summed E-state index contributed by atoms with van der Waals surface area (Å²) < 4.78 is 13.5. The van der Waals surface area contributed by atoms with Gasteiger partial charge in [-0.15, -0.1) is 0 Å². The summed E-state index contributed by atoms with van der Waals surface area (Å²) in [6.07, 6.45) is 1.57. The zero-order valence-corrected chi connectivity index (χ0v) is 23.4. The molecule has 0 saturated heterocycles. The summed E-state index contributed by atoms with van der Waals surface area (Å²) in [6, 6.07) is 31.0. The van der Waals surface area contributed by atoms with E-state index in [1.165, 1.54) is 11.8 Å². The molecule has 0 atom stereocenters. The lowest BCUT2D eigenvalue weighted by Gasteiger charge is -2.11. The van der Waals surface area contributed by atoms with Crippen molar-refractivity contribution in [1.82, 2.24) is 15.0 Å². The molecule has 7 nitrogen and oxygen atoms in total. The summed E-state index contributed by atoms with van der Waals surface area (Å²) in [5, 5.41) is 5.56. The number of thioether (sulfide) groups is 1. The van der Waals surface area contributed by atoms with E-state index in [9.17, 15) is 4.79 Å². The van der Waals surface area contributed by atoms with Gasteiger partial charge in [0.2, 0.25) is 0 Å². The van der Waals surface area contributed by atoms with Crippen LogP contribution in [0.1, 0.15) is 16.7 Å². The van der Waals surface area contributed by atoms with E-state index in [0.29, 0.717) is 29.7 Å². The Labute approximate surface area is 241 Å². The minimum absolute atomic E-state index is 0.150. The highest BCUT2D eigenvalue weighted by Gasteiger charge is 2.14. The van der Waals surface area contributed by atoms with Crippen LogP contribution in [-0.4, -0.2) is 34.5 Å². The van der Waals surface area contributed by atoms with E-state index in [1.54, 1.807) is 13.3 Å². The molecule has 1 aromatic heterocycles. The minimum atomic E-state index is -0.244. The molecule has 0 spiro atoms. The Morgan fingerprint density at radius 2 is 1.77 bits per heavy atom. The van der Waals surface area contributed by atoms with Gasteiger partial charge in [-0.3, -0.25) is 4.79 Å². The topological polar surface area (TPSA) is 77.7 Å². The smallest absolute Gasteiger partial charge is 0.250 e. The largest absolute Gasteiger partial charge is 0.493 e. The fourth-order valence-corrected chi connectivity index (χ4v) is 5.08. The van der Waals surface area contributed by atoms with Crippen LogP contribution >= 0.6 is 23.4 Å². The van der Waals surface area contributed by atoms with E-state index in [-0.39, 0.29) is 11.7 Å². The molecular weight excluding hydrogens is 544 g/mol. The van der Waals surface area contributed by atoms with Crippen LogP contribution in [0.2, 0.25) is 5.02 Å². The molecule has 0 radical (unpaired) electrons. The lowest BCUT2D eigenvalue weighted by molar-refractivity contribution is -0.118. The normalized spacial score (nSPS) is 11.2. The first-order valence-corrected chi connectivity index (χ1v) is 13.9. The van der Waals surface area contributed by atoms with Gasteiger partial charge >= 0.3 is 0 Å². The summed E-state index contributed by atoms with van der Waals surface area (Å²) in [5.41, 5.74) is 7.23. The second-order valence-corrected chi connectivity index (χ2v) is 10.2. The van der Waals surface area contributed by atoms with Crippen LogP contribution in [-0.2, 0) is 17.9 Å². The number of nitrogens with one attached hydrogen (secondary N) is 1. The Morgan fingerprint density at radius 3 is 2.60 bits per heavy atom. The zero-order valence-electron chi connectivity index (χ0n) is 21.8. The molecule has 0 aliphatic heterocycles. The lowest BCUT2D eigenvalue weighted by Crippen LogP contribution is -2.20. The minimum Gasteiger partial charge on any atom is -0.493 e. The summed E-state index contributed by atoms with van der Waals surface area (Å²) in [6.45, 7) is 0.960. The number of para-hydroxylation sites is 2. The van der Waals surface area contributed by atoms with Crippen LogP contribution in [0, 0.1) is 0 Å². The molecule has 1 N–H and O–H groups in total. The van der Waals surface area contributed by atoms with E-state index in [2.05, 4.69) is 15.1 Å². The van der Waals surface area contributed by atoms with Gasteiger partial charge < -0.3 is 14.0 Å². The first-order valence-electron chi connectivity index (χ1n) is 12.6. The van der Waals surface area contributed by atoms with Crippen molar-refractivity contribution in [3.05, 3.63) is 119 Å². The number of rotatable bonds is 11. The van der Waals surface area contributed by atoms with E-state index >= 15 is 0 Å². The number of methoxy groups -OCH3 is 1. The number of hydrazone groups is 1. The van der Waals surface area contributed by atoms with Crippen LogP contribution < -0.4 is 14.9 Å². The Morgan fingerprint density at radius 1 is 1.00 bits per heavy atom. The van der Waals surface area contributed by atoms with Gasteiger partial charge in [-0.2, -0.15) is 5.10 Å². The number of ether oxygens (including phenoxy) is 2. The molecule has 0 aliphatic rings. The lowest BCUT2D eigenvalue weighted by atomic mass is 10.2. The monoisotopic (exact) mass is 570 g/mol. The number of imidazole rings is 1. The van der Waals surface area contributed by atoms with Gasteiger partial charge in [0.15, 0.2) is 16.7 Å². The van der Waals surface area contributed by atoms with Crippen LogP contribution in [0.25, 0.3) is 11.0 Å². The van der Waals surface area contributed by atoms with Gasteiger partial charge in [-0.05, 0) is 53.1 Å². The van der Waals surface area contributed by atoms with Crippen molar-refractivity contribution in [3.63, 3.8) is 0 Å². The second kappa shape index (κ2) is 13.2. The van der Waals surface area contributed by atoms with Crippen LogP contribution in [0.5, 0.6) is 11.5 Å². The van der Waals surface area contributed by atoms with Gasteiger partial charge in [0.1, 0.15) is 6.61 Å². The number of nitrogens with zero attached hydrogens (tertiary/aromatic N) is 3. The van der Waals surface area contributed by atoms with Crippen LogP contribution in [0.3, 0.4) is 0 Å². The average Bonchev–Trinajstić information content (AvgIpc) is 3.34. The standard InChI is InChI=1S/C31H27ClN4O3S/c1-38-28-16-15-23(17-29(28)39-20-22-9-3-2-4-10-22)18-33-35-30(37)21-40-31-34-26-13-7-8-14-27(26)36(31)19-24-11-5-6-12-25(24)32/h2-18H,19-21H2,1H3,(H,35,37)/b33-18-. The fraction of sp³-hybridized carbons (Fsp3) is 0.129. The van der Waals surface area contributed by atoms with Crippen LogP contribution in [0.4, 0.5) is 0 Å². The molecule has 0 saturated carbocycles. The number of hydrogen-bond acceptors (Lipinski definition) is 6. The van der Waals surface area contributed by atoms with Crippen molar-refractivity contribution in [2.75, 3.05) is 12.9 Å². The molecule has 5 rings (SSSR count). The highest BCUT2D eigenvalue weighted by Crippen LogP contribution is 2.29. The molecule has 0 aliphatic carbocycles. The average molecular weight is 571 g/mol. The van der Waals surface area contributed by atoms with Gasteiger partial charge in [0, 0.05) is 5.02 Å². The number of hydrogen-bond donors (Lipinski definition) is 1. The Balaban J connectivity index is 1.22. The zero-order chi connectivity index (χ0) is 27.7. The molecule has 4 aromatic carbocycles. The van der Waals surface area contributed by atoms with E-state index in [4.69, 9.17) is 26.1 Å². The molecule has 202 valence electrons. The molecule has 1 amide bonds. The first kappa shape index (κ1) is 27.3. The van der Waals surface area contributed by atoms with E-state index in [0.717, 1.165) is 32.9 Å². The number of carbonyl (C=O) groups excluding carboxylic acids is 1. The molecule has 1 heterocycles. The van der Waals surface area contributed by atoms with Gasteiger partial charge in [-0.1, -0.05) is 84.0 Å². The summed E-state index contributed by atoms with van der Waals surface area (Å²) >= 11 is 7.77. The highest BCUT2D eigenvalue weighted by molar-refractivity contribution is 7.99. The van der Waals surface area contributed by atoms with Gasteiger partial charge in [0.05, 0.1) is 36.7 Å². The number of benzene rings is 4. The maximum atomic E-state index is 12.6. The third kappa shape index (κ3) is 6.83. The number of amides is 1. The SMILES string of the molecule is COc1ccc(/C=N\NC(=O)CSc2nc3ccccc3n2Cc2ccccc2Cl)cc1OCc1ccccc1. The van der Waals surface area contributed by atoms with Crippen molar-refractivity contribution in [2.24, 2.45) is 5.10 Å². The Kier molecular flexibility index (Phi) is 9.00. The van der Waals surface area contributed by atoms with Crippen molar-refractivity contribution in [1.29, 1.82) is 0 Å². The number of halogens is 1. The predicted octanol–water partition coefficient (Wildman–Crippen LogP) is 6.57. The highest BCUT2D eigenvalue weighted by atomic mass is 35.5. The summed E-state index contributed by atoms with van der Waals surface area (Å²) in [7, 11) is 1.60. The maximum absolute atomic E-state index is 12.6. The second-order valence-electron chi connectivity index (χ2n) is 8.83. The van der Waals surface area contributed by atoms with Crippen molar-refractivity contribution < 1.29 is 14.3 Å². The van der Waals surface area contributed by atoms with E-state index < -0.39 is 0 Å². The molecule has 40 heavy (non-hydrogen) atoms. The van der Waals surface area contributed by atoms with Crippen molar-refractivity contribution >= 4 is 46.5 Å². The predicted molar refractivity (Wildman–Crippen MR) is 161 cm³/mol. The number of fused-ring (bicyclic) bond motifs is 1. The Bertz CT molecular complexity index is 1640. The quantitative estimate of drug-likeness (QED) is 0.110. The van der Waals surface area contributed by atoms with Crippen molar-refractivity contribution in [3.8, 4) is 11.5 Å². The fourth-order valence-electron chi connectivity index (χ4n) is 4.08. The summed E-state index contributed by atoms with van der Waals surface area (Å²) in [4.78, 5) is 17.4. The number of aromatic nitrogens is 2. The molecule has 0 fully saturated rings.